The second kappa shape index (κ2) is 10.6. The number of carbonyl (C=O) groups is 2. The van der Waals surface area contributed by atoms with E-state index in [0.29, 0.717) is 35.8 Å². The fourth-order valence-electron chi connectivity index (χ4n) is 2.13. The molecule has 0 unspecified atom stereocenters. The van der Waals surface area contributed by atoms with Crippen LogP contribution in [0.2, 0.25) is 0 Å². The highest BCUT2D eigenvalue weighted by molar-refractivity contribution is 5.95. The van der Waals surface area contributed by atoms with Crippen molar-refractivity contribution in [2.75, 3.05) is 19.8 Å². The molecular weight excluding hydrogens is 348 g/mol. The summed E-state index contributed by atoms with van der Waals surface area (Å²) in [6.45, 7) is 4.34. The normalized spacial score (nSPS) is 10.4. The summed E-state index contributed by atoms with van der Waals surface area (Å²) < 4.78 is 15.5. The monoisotopic (exact) mass is 370 g/mol. The van der Waals surface area contributed by atoms with Crippen molar-refractivity contribution in [3.8, 4) is 11.5 Å². The average Bonchev–Trinajstić information content (AvgIpc) is 2.68. The summed E-state index contributed by atoms with van der Waals surface area (Å²) in [7, 11) is 0. The van der Waals surface area contributed by atoms with E-state index < -0.39 is 5.97 Å². The third-order valence-corrected chi connectivity index (χ3v) is 3.33. The summed E-state index contributed by atoms with van der Waals surface area (Å²) in [6, 6.07) is 13.8. The molecule has 142 valence electrons. The first-order chi connectivity index (χ1) is 13.1. The highest BCUT2D eigenvalue weighted by Crippen LogP contribution is 2.13. The molecule has 0 fully saturated rings. The molecule has 0 aliphatic rings. The Labute approximate surface area is 157 Å². The zero-order chi connectivity index (χ0) is 19.5. The van der Waals surface area contributed by atoms with Crippen LogP contribution in [0, 0.1) is 0 Å². The third-order valence-electron chi connectivity index (χ3n) is 3.33. The van der Waals surface area contributed by atoms with Crippen LogP contribution in [0.1, 0.15) is 29.8 Å². The summed E-state index contributed by atoms with van der Waals surface area (Å²) in [4.78, 5) is 23.4. The molecule has 0 spiro atoms. The molecule has 1 amide bonds. The molecule has 7 nitrogen and oxygen atoms in total. The maximum absolute atomic E-state index is 12.1. The zero-order valence-electron chi connectivity index (χ0n) is 15.3. The minimum absolute atomic E-state index is 0.164. The molecule has 0 aliphatic carbocycles. The van der Waals surface area contributed by atoms with Crippen molar-refractivity contribution < 1.29 is 23.8 Å². The molecule has 0 heterocycles. The number of esters is 1. The lowest BCUT2D eigenvalue weighted by Gasteiger charge is -2.06. The second-order valence-corrected chi connectivity index (χ2v) is 5.32. The summed E-state index contributed by atoms with van der Waals surface area (Å²) in [6.07, 6.45) is 1.49. The molecular formula is C20H22N2O5. The van der Waals surface area contributed by atoms with Gasteiger partial charge in [-0.1, -0.05) is 12.1 Å². The first-order valence-electron chi connectivity index (χ1n) is 8.57. The van der Waals surface area contributed by atoms with Crippen molar-refractivity contribution in [3.63, 3.8) is 0 Å². The molecule has 0 radical (unpaired) electrons. The number of benzene rings is 2. The van der Waals surface area contributed by atoms with Crippen LogP contribution in [-0.2, 0) is 9.53 Å². The first-order valence-corrected chi connectivity index (χ1v) is 8.57. The fraction of sp³-hybridized carbons (Fsp3) is 0.250. The zero-order valence-corrected chi connectivity index (χ0v) is 15.3. The van der Waals surface area contributed by atoms with Gasteiger partial charge in [0, 0.05) is 5.56 Å². The van der Waals surface area contributed by atoms with Crippen LogP contribution >= 0.6 is 0 Å². The fourth-order valence-corrected chi connectivity index (χ4v) is 2.13. The van der Waals surface area contributed by atoms with Crippen LogP contribution < -0.4 is 14.9 Å². The van der Waals surface area contributed by atoms with Gasteiger partial charge in [-0.2, -0.15) is 5.10 Å². The first kappa shape index (κ1) is 20.0. The Morgan fingerprint density at radius 3 is 2.48 bits per heavy atom. The van der Waals surface area contributed by atoms with E-state index >= 15 is 0 Å². The average molecular weight is 370 g/mol. The van der Waals surface area contributed by atoms with Gasteiger partial charge < -0.3 is 14.2 Å². The summed E-state index contributed by atoms with van der Waals surface area (Å²) >= 11 is 0. The highest BCUT2D eigenvalue weighted by atomic mass is 16.6. The lowest BCUT2D eigenvalue weighted by atomic mass is 10.2. The molecule has 0 aromatic heterocycles. The van der Waals surface area contributed by atoms with E-state index in [-0.39, 0.29) is 12.5 Å². The van der Waals surface area contributed by atoms with E-state index in [4.69, 9.17) is 14.2 Å². The number of rotatable bonds is 9. The lowest BCUT2D eigenvalue weighted by molar-refractivity contribution is -0.145. The maximum atomic E-state index is 12.1. The number of nitrogens with zero attached hydrogens (tertiary/aromatic N) is 1. The Morgan fingerprint density at radius 2 is 1.78 bits per heavy atom. The van der Waals surface area contributed by atoms with Crippen LogP contribution in [-0.4, -0.2) is 37.9 Å². The van der Waals surface area contributed by atoms with Gasteiger partial charge in [0.25, 0.3) is 5.91 Å². The van der Waals surface area contributed by atoms with E-state index in [1.807, 2.05) is 6.92 Å². The van der Waals surface area contributed by atoms with Gasteiger partial charge in [0.05, 0.1) is 19.4 Å². The lowest BCUT2D eigenvalue weighted by Crippen LogP contribution is -2.17. The number of carbonyl (C=O) groups excluding carboxylic acids is 2. The van der Waals surface area contributed by atoms with Gasteiger partial charge in [-0.3, -0.25) is 4.79 Å². The van der Waals surface area contributed by atoms with E-state index in [1.165, 1.54) is 6.21 Å². The molecule has 0 saturated carbocycles. The van der Waals surface area contributed by atoms with Gasteiger partial charge in [-0.05, 0) is 55.8 Å². The van der Waals surface area contributed by atoms with Gasteiger partial charge in [0.1, 0.15) is 11.5 Å². The van der Waals surface area contributed by atoms with E-state index in [9.17, 15) is 9.59 Å². The van der Waals surface area contributed by atoms with Crippen LogP contribution in [0.3, 0.4) is 0 Å². The predicted molar refractivity (Wildman–Crippen MR) is 101 cm³/mol. The van der Waals surface area contributed by atoms with Crippen LogP contribution in [0.15, 0.2) is 53.6 Å². The number of hydrogen-bond acceptors (Lipinski definition) is 6. The molecule has 2 aromatic carbocycles. The molecule has 2 aromatic rings. The van der Waals surface area contributed by atoms with Crippen molar-refractivity contribution in [2.45, 2.75) is 13.8 Å². The Hall–Kier alpha value is -3.35. The molecule has 0 atom stereocenters. The van der Waals surface area contributed by atoms with Gasteiger partial charge in [-0.15, -0.1) is 0 Å². The maximum Gasteiger partial charge on any atom is 0.344 e. The van der Waals surface area contributed by atoms with Gasteiger partial charge >= 0.3 is 5.97 Å². The number of ether oxygens (including phenoxy) is 3. The van der Waals surface area contributed by atoms with Crippen molar-refractivity contribution >= 4 is 18.1 Å². The van der Waals surface area contributed by atoms with Gasteiger partial charge in [-0.25, -0.2) is 10.2 Å². The molecule has 2 rings (SSSR count). The molecule has 1 N–H and O–H groups in total. The quantitative estimate of drug-likeness (QED) is 0.417. The standard InChI is InChI=1S/C20H22N2O5/c1-3-25-17-10-8-16(9-11-17)20(24)22-21-13-15-6-5-7-18(12-15)27-14-19(23)26-4-2/h5-13H,3-4,14H2,1-2H3,(H,22,24)/b21-13+. The SMILES string of the molecule is CCOC(=O)COc1cccc(/C=N/NC(=O)c2ccc(OCC)cc2)c1. The minimum Gasteiger partial charge on any atom is -0.494 e. The number of nitrogens with one attached hydrogen (secondary N) is 1. The number of amides is 1. The Balaban J connectivity index is 1.88. The van der Waals surface area contributed by atoms with E-state index in [2.05, 4.69) is 10.5 Å². The van der Waals surface area contributed by atoms with E-state index in [0.717, 1.165) is 0 Å². The summed E-state index contributed by atoms with van der Waals surface area (Å²) in [5, 5.41) is 3.94. The van der Waals surface area contributed by atoms with Crippen LogP contribution in [0.25, 0.3) is 0 Å². The van der Waals surface area contributed by atoms with Gasteiger partial charge in [0.15, 0.2) is 6.61 Å². The largest absolute Gasteiger partial charge is 0.494 e. The number of hydrazone groups is 1. The summed E-state index contributed by atoms with van der Waals surface area (Å²) in [5.74, 6) is 0.449. The summed E-state index contributed by atoms with van der Waals surface area (Å²) in [5.41, 5.74) is 3.65. The van der Waals surface area contributed by atoms with Crippen molar-refractivity contribution in [3.05, 3.63) is 59.7 Å². The van der Waals surface area contributed by atoms with Crippen LogP contribution in [0.4, 0.5) is 0 Å². The Kier molecular flexibility index (Phi) is 7.84. The second-order valence-electron chi connectivity index (χ2n) is 5.32. The van der Waals surface area contributed by atoms with E-state index in [1.54, 1.807) is 55.5 Å². The minimum atomic E-state index is -0.431. The third kappa shape index (κ3) is 6.81. The van der Waals surface area contributed by atoms with Crippen molar-refractivity contribution in [1.82, 2.24) is 5.43 Å². The smallest absolute Gasteiger partial charge is 0.344 e. The molecule has 7 heteroatoms. The molecule has 0 saturated heterocycles. The van der Waals surface area contributed by atoms with Crippen molar-refractivity contribution in [2.24, 2.45) is 5.10 Å². The van der Waals surface area contributed by atoms with Crippen molar-refractivity contribution in [1.29, 1.82) is 0 Å². The predicted octanol–water partition coefficient (Wildman–Crippen LogP) is 2.79. The Bertz CT molecular complexity index is 787. The Morgan fingerprint density at radius 1 is 1.00 bits per heavy atom. The highest BCUT2D eigenvalue weighted by Gasteiger charge is 2.05. The van der Waals surface area contributed by atoms with Gasteiger partial charge in [0.2, 0.25) is 0 Å². The topological polar surface area (TPSA) is 86.2 Å². The molecule has 27 heavy (non-hydrogen) atoms. The molecule has 0 aliphatic heterocycles. The van der Waals surface area contributed by atoms with Crippen LogP contribution in [0.5, 0.6) is 11.5 Å². The number of hydrogen-bond donors (Lipinski definition) is 1. The molecule has 0 bridgehead atoms.